The SMILES string of the molecule is CCCN1C(=O)[C@H](CCCCNC(=O)OCc2ccccc2)NC(=O)C12CCN(Cc1cccc(F)c1)CC2. The van der Waals surface area contributed by atoms with E-state index in [2.05, 4.69) is 15.5 Å². The molecule has 0 saturated carbocycles. The Bertz CT molecular complexity index is 1120. The van der Waals surface area contributed by atoms with Crippen LogP contribution in [0.15, 0.2) is 54.6 Å². The van der Waals surface area contributed by atoms with Crippen molar-refractivity contribution in [1.29, 1.82) is 0 Å². The summed E-state index contributed by atoms with van der Waals surface area (Å²) in [5.41, 5.74) is 0.997. The number of rotatable bonds is 11. The van der Waals surface area contributed by atoms with Crippen LogP contribution in [-0.4, -0.2) is 65.5 Å². The van der Waals surface area contributed by atoms with Gasteiger partial charge in [-0.2, -0.15) is 0 Å². The topological polar surface area (TPSA) is 91.0 Å². The number of hydrogen-bond donors (Lipinski definition) is 2. The van der Waals surface area contributed by atoms with Gasteiger partial charge in [0.1, 0.15) is 24.0 Å². The second-order valence-electron chi connectivity index (χ2n) is 10.4. The summed E-state index contributed by atoms with van der Waals surface area (Å²) in [6.07, 6.45) is 3.30. The molecule has 1 atom stereocenters. The number of likely N-dealkylation sites (tertiary alicyclic amines) is 1. The lowest BCUT2D eigenvalue weighted by Gasteiger charge is -2.51. The molecule has 2 aliphatic rings. The van der Waals surface area contributed by atoms with Crippen LogP contribution in [0.3, 0.4) is 0 Å². The molecule has 2 N–H and O–H groups in total. The summed E-state index contributed by atoms with van der Waals surface area (Å²) in [6.45, 7) is 5.15. The molecule has 0 radical (unpaired) electrons. The number of alkyl carbamates (subject to hydrolysis) is 1. The van der Waals surface area contributed by atoms with Crippen molar-refractivity contribution in [2.24, 2.45) is 0 Å². The first kappa shape index (κ1) is 28.5. The molecule has 2 aromatic rings. The number of carbonyl (C=O) groups is 3. The van der Waals surface area contributed by atoms with Crippen molar-refractivity contribution >= 4 is 17.9 Å². The Kier molecular flexibility index (Phi) is 9.92. The zero-order chi connectivity index (χ0) is 27.7. The van der Waals surface area contributed by atoms with Gasteiger partial charge in [-0.3, -0.25) is 14.5 Å². The predicted molar refractivity (Wildman–Crippen MR) is 146 cm³/mol. The van der Waals surface area contributed by atoms with E-state index in [9.17, 15) is 18.8 Å². The van der Waals surface area contributed by atoms with Crippen molar-refractivity contribution < 1.29 is 23.5 Å². The van der Waals surface area contributed by atoms with E-state index in [0.29, 0.717) is 64.8 Å². The summed E-state index contributed by atoms with van der Waals surface area (Å²) >= 11 is 0. The smallest absolute Gasteiger partial charge is 0.407 e. The van der Waals surface area contributed by atoms with E-state index in [1.807, 2.05) is 48.2 Å². The van der Waals surface area contributed by atoms with Gasteiger partial charge in [0.15, 0.2) is 0 Å². The minimum Gasteiger partial charge on any atom is -0.445 e. The standard InChI is InChI=1S/C30H39FN4O4/c1-2-17-35-27(36)26(13-6-7-16-32-29(38)39-22-23-9-4-3-5-10-23)33-28(37)30(35)14-18-34(19-15-30)21-24-11-8-12-25(31)20-24/h3-5,8-12,20,26H,2,6-7,13-19,21-22H2,1H3,(H,32,38)(H,33,37)/t26-/m0/s1. The molecule has 0 bridgehead atoms. The predicted octanol–water partition coefficient (Wildman–Crippen LogP) is 3.99. The van der Waals surface area contributed by atoms with Crippen LogP contribution in [0.4, 0.5) is 9.18 Å². The van der Waals surface area contributed by atoms with Crippen LogP contribution in [0.5, 0.6) is 0 Å². The molecule has 39 heavy (non-hydrogen) atoms. The summed E-state index contributed by atoms with van der Waals surface area (Å²) in [4.78, 5) is 42.9. The number of ether oxygens (including phenoxy) is 1. The zero-order valence-electron chi connectivity index (χ0n) is 22.7. The van der Waals surface area contributed by atoms with E-state index in [4.69, 9.17) is 4.74 Å². The fraction of sp³-hybridized carbons (Fsp3) is 0.500. The minimum absolute atomic E-state index is 0.0229. The molecule has 2 fully saturated rings. The third kappa shape index (κ3) is 7.35. The third-order valence-corrected chi connectivity index (χ3v) is 7.64. The number of nitrogens with zero attached hydrogens (tertiary/aromatic N) is 2. The van der Waals surface area contributed by atoms with Gasteiger partial charge < -0.3 is 20.3 Å². The largest absolute Gasteiger partial charge is 0.445 e. The number of amides is 3. The number of unbranched alkanes of at least 4 members (excludes halogenated alkanes) is 1. The normalized spacial score (nSPS) is 19.1. The van der Waals surface area contributed by atoms with Crippen LogP contribution in [0.25, 0.3) is 0 Å². The lowest BCUT2D eigenvalue weighted by molar-refractivity contribution is -0.161. The van der Waals surface area contributed by atoms with Gasteiger partial charge in [0.05, 0.1) is 0 Å². The lowest BCUT2D eigenvalue weighted by Crippen LogP contribution is -2.72. The maximum absolute atomic E-state index is 13.6. The number of carbonyl (C=O) groups excluding carboxylic acids is 3. The van der Waals surface area contributed by atoms with Gasteiger partial charge in [0.2, 0.25) is 11.8 Å². The molecule has 2 heterocycles. The summed E-state index contributed by atoms with van der Waals surface area (Å²) in [6, 6.07) is 15.5. The van der Waals surface area contributed by atoms with Crippen LogP contribution < -0.4 is 10.6 Å². The average Bonchev–Trinajstić information content (AvgIpc) is 2.94. The van der Waals surface area contributed by atoms with Crippen LogP contribution >= 0.6 is 0 Å². The van der Waals surface area contributed by atoms with Gasteiger partial charge in [0.25, 0.3) is 0 Å². The summed E-state index contributed by atoms with van der Waals surface area (Å²) < 4.78 is 18.8. The Morgan fingerprint density at radius 3 is 2.54 bits per heavy atom. The Morgan fingerprint density at radius 1 is 1.08 bits per heavy atom. The highest BCUT2D eigenvalue weighted by atomic mass is 19.1. The van der Waals surface area contributed by atoms with Gasteiger partial charge in [-0.15, -0.1) is 0 Å². The monoisotopic (exact) mass is 538 g/mol. The fourth-order valence-corrected chi connectivity index (χ4v) is 5.53. The molecule has 0 aromatic heterocycles. The van der Waals surface area contributed by atoms with Gasteiger partial charge in [-0.1, -0.05) is 49.4 Å². The number of piperazine rings is 1. The first-order valence-electron chi connectivity index (χ1n) is 13.9. The molecule has 0 aliphatic carbocycles. The fourth-order valence-electron chi connectivity index (χ4n) is 5.53. The molecule has 2 aliphatic heterocycles. The highest BCUT2D eigenvalue weighted by Crippen LogP contribution is 2.34. The Balaban J connectivity index is 1.23. The summed E-state index contributed by atoms with van der Waals surface area (Å²) in [5, 5.41) is 5.76. The number of piperidine rings is 1. The van der Waals surface area contributed by atoms with Crippen molar-refractivity contribution in [2.75, 3.05) is 26.2 Å². The highest BCUT2D eigenvalue weighted by Gasteiger charge is 2.53. The second kappa shape index (κ2) is 13.6. The maximum Gasteiger partial charge on any atom is 0.407 e. The number of halogens is 1. The van der Waals surface area contributed by atoms with E-state index in [-0.39, 0.29) is 24.2 Å². The molecule has 2 saturated heterocycles. The zero-order valence-corrected chi connectivity index (χ0v) is 22.7. The molecular formula is C30H39FN4O4. The molecule has 9 heteroatoms. The van der Waals surface area contributed by atoms with Crippen molar-refractivity contribution in [3.05, 3.63) is 71.5 Å². The highest BCUT2D eigenvalue weighted by molar-refractivity contribution is 6.00. The number of nitrogens with one attached hydrogen (secondary N) is 2. The Hall–Kier alpha value is -3.46. The molecule has 8 nitrogen and oxygen atoms in total. The molecule has 0 unspecified atom stereocenters. The van der Waals surface area contributed by atoms with Crippen molar-refractivity contribution in [3.8, 4) is 0 Å². The van der Waals surface area contributed by atoms with Gasteiger partial charge in [-0.05, 0) is 61.8 Å². The second-order valence-corrected chi connectivity index (χ2v) is 10.4. The summed E-state index contributed by atoms with van der Waals surface area (Å²) in [5.74, 6) is -0.351. The Morgan fingerprint density at radius 2 is 1.82 bits per heavy atom. The van der Waals surface area contributed by atoms with Crippen molar-refractivity contribution in [2.45, 2.75) is 70.2 Å². The minimum atomic E-state index is -0.827. The molecule has 4 rings (SSSR count). The van der Waals surface area contributed by atoms with Crippen LogP contribution in [0.2, 0.25) is 0 Å². The maximum atomic E-state index is 13.6. The van der Waals surface area contributed by atoms with Crippen LogP contribution in [-0.2, 0) is 27.5 Å². The van der Waals surface area contributed by atoms with E-state index in [1.165, 1.54) is 6.07 Å². The number of hydrogen-bond acceptors (Lipinski definition) is 5. The molecule has 3 amide bonds. The van der Waals surface area contributed by atoms with Gasteiger partial charge >= 0.3 is 6.09 Å². The molecule has 210 valence electrons. The van der Waals surface area contributed by atoms with E-state index < -0.39 is 17.7 Å². The van der Waals surface area contributed by atoms with E-state index in [0.717, 1.165) is 17.5 Å². The van der Waals surface area contributed by atoms with E-state index in [1.54, 1.807) is 12.1 Å². The van der Waals surface area contributed by atoms with Gasteiger partial charge in [-0.25, -0.2) is 9.18 Å². The van der Waals surface area contributed by atoms with Crippen LogP contribution in [0.1, 0.15) is 56.6 Å². The quantitative estimate of drug-likeness (QED) is 0.422. The molecular weight excluding hydrogens is 499 g/mol. The van der Waals surface area contributed by atoms with Crippen molar-refractivity contribution in [3.63, 3.8) is 0 Å². The lowest BCUT2D eigenvalue weighted by atomic mass is 9.81. The average molecular weight is 539 g/mol. The van der Waals surface area contributed by atoms with Gasteiger partial charge in [0, 0.05) is 32.7 Å². The van der Waals surface area contributed by atoms with E-state index >= 15 is 0 Å². The van der Waals surface area contributed by atoms with Crippen LogP contribution in [0, 0.1) is 5.82 Å². The molecule has 2 aromatic carbocycles. The summed E-state index contributed by atoms with van der Waals surface area (Å²) in [7, 11) is 0. The first-order chi connectivity index (χ1) is 18.9. The Labute approximate surface area is 229 Å². The molecule has 1 spiro atoms. The van der Waals surface area contributed by atoms with Crippen molar-refractivity contribution in [1.82, 2.24) is 20.4 Å². The third-order valence-electron chi connectivity index (χ3n) is 7.64. The number of benzene rings is 2. The first-order valence-corrected chi connectivity index (χ1v) is 13.9.